The van der Waals surface area contributed by atoms with Crippen molar-refractivity contribution in [3.05, 3.63) is 58.0 Å². The molecule has 1 aromatic carbocycles. The molecule has 0 saturated heterocycles. The molecule has 9 heteroatoms. The van der Waals surface area contributed by atoms with Crippen LogP contribution in [0.4, 0.5) is 5.69 Å². The number of hydrogen-bond donors (Lipinski definition) is 1. The Balaban J connectivity index is 1.53. The van der Waals surface area contributed by atoms with Crippen LogP contribution in [0.25, 0.3) is 0 Å². The van der Waals surface area contributed by atoms with Crippen LogP contribution in [0, 0.1) is 0 Å². The molecule has 0 atom stereocenters. The van der Waals surface area contributed by atoms with E-state index < -0.39 is 5.97 Å². The number of amides is 1. The van der Waals surface area contributed by atoms with E-state index in [2.05, 4.69) is 26.3 Å². The third-order valence-electron chi connectivity index (χ3n) is 3.76. The van der Waals surface area contributed by atoms with Gasteiger partial charge in [0.15, 0.2) is 5.16 Å². The molecule has 3 aromatic rings. The Labute approximate surface area is 164 Å². The van der Waals surface area contributed by atoms with Gasteiger partial charge in [0.2, 0.25) is 5.91 Å². The summed E-state index contributed by atoms with van der Waals surface area (Å²) in [5, 5.41) is 13.9. The van der Waals surface area contributed by atoms with Gasteiger partial charge in [-0.1, -0.05) is 17.8 Å². The molecule has 0 radical (unpaired) electrons. The zero-order chi connectivity index (χ0) is 19.2. The van der Waals surface area contributed by atoms with Gasteiger partial charge in [0.1, 0.15) is 5.82 Å². The molecule has 0 unspecified atom stereocenters. The number of ether oxygens (including phenoxy) is 1. The molecule has 0 spiro atoms. The highest BCUT2D eigenvalue weighted by molar-refractivity contribution is 7.99. The first-order valence-corrected chi connectivity index (χ1v) is 9.95. The molecule has 27 heavy (non-hydrogen) atoms. The van der Waals surface area contributed by atoms with Crippen molar-refractivity contribution in [1.82, 2.24) is 14.8 Å². The van der Waals surface area contributed by atoms with E-state index in [4.69, 9.17) is 0 Å². The molecule has 140 valence electrons. The number of thiophene rings is 1. The normalized spacial score (nSPS) is 10.6. The fourth-order valence-electron chi connectivity index (χ4n) is 2.33. The largest absolute Gasteiger partial charge is 0.465 e. The lowest BCUT2D eigenvalue weighted by Crippen LogP contribution is -2.14. The van der Waals surface area contributed by atoms with E-state index in [1.165, 1.54) is 23.7 Å². The number of rotatable bonds is 7. The van der Waals surface area contributed by atoms with Crippen LogP contribution in [0.15, 0.2) is 46.9 Å². The van der Waals surface area contributed by atoms with Crippen LogP contribution >= 0.6 is 23.1 Å². The van der Waals surface area contributed by atoms with E-state index in [0.717, 1.165) is 12.2 Å². The number of benzene rings is 1. The quantitative estimate of drug-likeness (QED) is 0.483. The van der Waals surface area contributed by atoms with Gasteiger partial charge in [0.25, 0.3) is 0 Å². The van der Waals surface area contributed by atoms with Gasteiger partial charge in [0.05, 0.1) is 18.4 Å². The summed E-state index contributed by atoms with van der Waals surface area (Å²) in [4.78, 5) is 24.8. The number of esters is 1. The van der Waals surface area contributed by atoms with Gasteiger partial charge in [-0.3, -0.25) is 4.79 Å². The highest BCUT2D eigenvalue weighted by Gasteiger charge is 2.13. The Hall–Kier alpha value is -2.65. The Bertz CT molecular complexity index is 921. The van der Waals surface area contributed by atoms with Gasteiger partial charge in [-0.2, -0.15) is 0 Å². The molecule has 1 amide bonds. The van der Waals surface area contributed by atoms with Crippen molar-refractivity contribution in [1.29, 1.82) is 0 Å². The SMILES string of the molecule is COC(=O)c1ccc(NC(=O)CSc2nnc(Cc3cccs3)n2C)cc1. The Kier molecular flexibility index (Phi) is 6.25. The maximum atomic E-state index is 12.2. The van der Waals surface area contributed by atoms with Gasteiger partial charge >= 0.3 is 5.97 Å². The highest BCUT2D eigenvalue weighted by Crippen LogP contribution is 2.19. The fraction of sp³-hybridized carbons (Fsp3) is 0.222. The molecule has 0 saturated carbocycles. The minimum Gasteiger partial charge on any atom is -0.465 e. The zero-order valence-electron chi connectivity index (χ0n) is 14.8. The van der Waals surface area contributed by atoms with Gasteiger partial charge in [-0.25, -0.2) is 4.79 Å². The van der Waals surface area contributed by atoms with E-state index in [1.54, 1.807) is 35.6 Å². The molecule has 0 fully saturated rings. The Morgan fingerprint density at radius 2 is 2.00 bits per heavy atom. The first-order chi connectivity index (χ1) is 13.1. The second-order valence-corrected chi connectivity index (χ2v) is 7.59. The highest BCUT2D eigenvalue weighted by atomic mass is 32.2. The maximum Gasteiger partial charge on any atom is 0.337 e. The smallest absolute Gasteiger partial charge is 0.337 e. The molecule has 0 aliphatic heterocycles. The lowest BCUT2D eigenvalue weighted by molar-refractivity contribution is -0.113. The molecule has 0 aliphatic carbocycles. The van der Waals surface area contributed by atoms with Crippen LogP contribution in [0.2, 0.25) is 0 Å². The number of carbonyl (C=O) groups excluding carboxylic acids is 2. The van der Waals surface area contributed by atoms with Crippen LogP contribution < -0.4 is 5.32 Å². The number of nitrogens with zero attached hydrogens (tertiary/aromatic N) is 3. The first-order valence-electron chi connectivity index (χ1n) is 8.08. The summed E-state index contributed by atoms with van der Waals surface area (Å²) in [5.74, 6) is 0.500. The monoisotopic (exact) mass is 402 g/mol. The minimum atomic E-state index is -0.413. The van der Waals surface area contributed by atoms with Crippen molar-refractivity contribution in [2.24, 2.45) is 7.05 Å². The predicted octanol–water partition coefficient (Wildman–Crippen LogP) is 2.98. The van der Waals surface area contributed by atoms with Crippen LogP contribution in [0.3, 0.4) is 0 Å². The van der Waals surface area contributed by atoms with Crippen LogP contribution in [0.1, 0.15) is 21.1 Å². The summed E-state index contributed by atoms with van der Waals surface area (Å²) >= 11 is 3.00. The summed E-state index contributed by atoms with van der Waals surface area (Å²) < 4.78 is 6.55. The van der Waals surface area contributed by atoms with E-state index in [1.807, 2.05) is 23.1 Å². The Morgan fingerprint density at radius 1 is 1.22 bits per heavy atom. The van der Waals surface area contributed by atoms with E-state index in [-0.39, 0.29) is 11.7 Å². The number of methoxy groups -OCH3 is 1. The lowest BCUT2D eigenvalue weighted by Gasteiger charge is -2.06. The molecular weight excluding hydrogens is 384 g/mol. The van der Waals surface area contributed by atoms with E-state index in [9.17, 15) is 9.59 Å². The molecule has 0 aliphatic rings. The van der Waals surface area contributed by atoms with Crippen molar-refractivity contribution in [3.63, 3.8) is 0 Å². The average molecular weight is 403 g/mol. The Morgan fingerprint density at radius 3 is 2.67 bits per heavy atom. The average Bonchev–Trinajstić information content (AvgIpc) is 3.31. The summed E-state index contributed by atoms with van der Waals surface area (Å²) in [5.41, 5.74) is 1.05. The molecule has 2 aromatic heterocycles. The fourth-order valence-corrected chi connectivity index (χ4v) is 3.76. The van der Waals surface area contributed by atoms with Gasteiger partial charge in [-0.05, 0) is 35.7 Å². The second kappa shape index (κ2) is 8.83. The standard InChI is InChI=1S/C18H18N4O3S2/c1-22-15(10-14-4-3-9-26-14)20-21-18(22)27-11-16(23)19-13-7-5-12(6-8-13)17(24)25-2/h3-9H,10-11H2,1-2H3,(H,19,23). The van der Waals surface area contributed by atoms with Gasteiger partial charge in [0, 0.05) is 24.0 Å². The molecule has 1 N–H and O–H groups in total. The number of thioether (sulfide) groups is 1. The third-order valence-corrected chi connectivity index (χ3v) is 5.66. The maximum absolute atomic E-state index is 12.2. The first kappa shape index (κ1) is 19.1. The number of carbonyl (C=O) groups is 2. The van der Waals surface area contributed by atoms with Crippen molar-refractivity contribution < 1.29 is 14.3 Å². The zero-order valence-corrected chi connectivity index (χ0v) is 16.5. The minimum absolute atomic E-state index is 0.159. The van der Waals surface area contributed by atoms with Gasteiger partial charge in [-0.15, -0.1) is 21.5 Å². The van der Waals surface area contributed by atoms with Gasteiger partial charge < -0.3 is 14.6 Å². The van der Waals surface area contributed by atoms with Crippen LogP contribution in [-0.4, -0.2) is 39.5 Å². The molecule has 2 heterocycles. The number of hydrogen-bond acceptors (Lipinski definition) is 7. The molecule has 3 rings (SSSR count). The van der Waals surface area contributed by atoms with Crippen molar-refractivity contribution in [3.8, 4) is 0 Å². The van der Waals surface area contributed by atoms with Crippen molar-refractivity contribution in [2.45, 2.75) is 11.6 Å². The van der Waals surface area contributed by atoms with E-state index in [0.29, 0.717) is 16.4 Å². The summed E-state index contributed by atoms with van der Waals surface area (Å²) in [6.07, 6.45) is 0.723. The predicted molar refractivity (Wildman–Crippen MR) is 105 cm³/mol. The third kappa shape index (κ3) is 4.95. The van der Waals surface area contributed by atoms with Crippen molar-refractivity contribution >= 4 is 40.7 Å². The number of nitrogens with one attached hydrogen (secondary N) is 1. The van der Waals surface area contributed by atoms with Crippen LogP contribution in [-0.2, 0) is 23.0 Å². The lowest BCUT2D eigenvalue weighted by atomic mass is 10.2. The second-order valence-electron chi connectivity index (χ2n) is 5.62. The summed E-state index contributed by atoms with van der Waals surface area (Å²) in [7, 11) is 3.22. The summed E-state index contributed by atoms with van der Waals surface area (Å²) in [6, 6.07) is 10.6. The van der Waals surface area contributed by atoms with Crippen molar-refractivity contribution in [2.75, 3.05) is 18.2 Å². The number of aromatic nitrogens is 3. The van der Waals surface area contributed by atoms with E-state index >= 15 is 0 Å². The van der Waals surface area contributed by atoms with Crippen LogP contribution in [0.5, 0.6) is 0 Å². The topological polar surface area (TPSA) is 86.1 Å². The molecular formula is C18H18N4O3S2. The molecule has 0 bridgehead atoms. The number of anilines is 1. The summed E-state index contributed by atoms with van der Waals surface area (Å²) in [6.45, 7) is 0. The molecule has 7 nitrogen and oxygen atoms in total.